The molecule has 0 aromatic carbocycles. The van der Waals surface area contributed by atoms with Crippen LogP contribution in [0.5, 0.6) is 0 Å². The van der Waals surface area contributed by atoms with Crippen LogP contribution in [0.15, 0.2) is 6.58 Å². The van der Waals surface area contributed by atoms with E-state index in [1.807, 2.05) is 0 Å². The average Bonchev–Trinajstić information content (AvgIpc) is 0.918. The Bertz CT molecular complexity index is 27.0. The Morgan fingerprint density at radius 2 is 1.75 bits per heavy atom. The molecule has 4 heavy (non-hydrogen) atoms. The molecule has 1 nitrogen and oxygen atoms in total. The summed E-state index contributed by atoms with van der Waals surface area (Å²) in [5.41, 5.74) is 0. The molecular weight excluding hydrogens is 73.5 g/mol. The minimum Gasteiger partial charge on any atom is -1.00 e. The van der Waals surface area contributed by atoms with Gasteiger partial charge in [0.05, 0.1) is 0 Å². The lowest BCUT2D eigenvalue weighted by Gasteiger charge is -1.10. The molecule has 0 aromatic rings. The predicted molar refractivity (Wildman–Crippen MR) is 13.4 cm³/mol. The van der Waals surface area contributed by atoms with Gasteiger partial charge in [-0.3, -0.25) is 5.41 Å². The lowest BCUT2D eigenvalue weighted by atomic mass is 11.2. The SMILES string of the molecule is C=C=N.[Cl-]. The van der Waals surface area contributed by atoms with Crippen molar-refractivity contribution in [1.29, 1.82) is 5.41 Å². The van der Waals surface area contributed by atoms with Gasteiger partial charge in [-0.15, -0.1) is 0 Å². The number of hydrogen-bond acceptors (Lipinski definition) is 1. The minimum atomic E-state index is 0. The molecule has 0 heterocycles. The van der Waals surface area contributed by atoms with Gasteiger partial charge in [-0.25, -0.2) is 0 Å². The van der Waals surface area contributed by atoms with Crippen LogP contribution in [0.1, 0.15) is 0 Å². The minimum absolute atomic E-state index is 0. The molecule has 0 fully saturated rings. The fourth-order valence-corrected chi connectivity index (χ4v) is 0. The molecule has 0 radical (unpaired) electrons. The van der Waals surface area contributed by atoms with Crippen LogP contribution in [0.4, 0.5) is 0 Å². The predicted octanol–water partition coefficient (Wildman–Crippen LogP) is -2.58. The Morgan fingerprint density at radius 3 is 1.75 bits per heavy atom. The molecule has 0 aliphatic heterocycles. The normalized spacial score (nSPS) is 2.00. The summed E-state index contributed by atoms with van der Waals surface area (Å²) in [4.78, 5) is 0. The fraction of sp³-hybridized carbons (Fsp3) is 0. The van der Waals surface area contributed by atoms with Gasteiger partial charge in [0.25, 0.3) is 0 Å². The Balaban J connectivity index is 0. The second-order valence-electron chi connectivity index (χ2n) is 0.177. The molecular formula is C2H3ClN-. The van der Waals surface area contributed by atoms with Gasteiger partial charge in [0.15, 0.2) is 0 Å². The molecule has 24 valence electrons. The van der Waals surface area contributed by atoms with E-state index in [1.54, 1.807) is 5.87 Å². The molecule has 1 N–H and O–H groups in total. The standard InChI is InChI=1S/C2H3N.ClH/c1-2-3;/h3H,1H2;1H/p-1. The van der Waals surface area contributed by atoms with Crippen molar-refractivity contribution in [3.8, 4) is 0 Å². The summed E-state index contributed by atoms with van der Waals surface area (Å²) in [5, 5.41) is 5.85. The van der Waals surface area contributed by atoms with E-state index in [0.29, 0.717) is 0 Å². The van der Waals surface area contributed by atoms with Gasteiger partial charge in [-0.1, -0.05) is 0 Å². The summed E-state index contributed by atoms with van der Waals surface area (Å²) >= 11 is 0. The number of halogens is 1. The van der Waals surface area contributed by atoms with Crippen LogP contribution >= 0.6 is 0 Å². The molecule has 0 rings (SSSR count). The van der Waals surface area contributed by atoms with E-state index in [-0.39, 0.29) is 12.4 Å². The van der Waals surface area contributed by atoms with E-state index in [9.17, 15) is 0 Å². The highest BCUT2D eigenvalue weighted by molar-refractivity contribution is 5.41. The van der Waals surface area contributed by atoms with Crippen LogP contribution in [-0.4, -0.2) is 5.87 Å². The molecule has 0 amide bonds. The Kier molecular flexibility index (Phi) is 35.1. The van der Waals surface area contributed by atoms with Gasteiger partial charge in [0.1, 0.15) is 0 Å². The Morgan fingerprint density at radius 1 is 1.75 bits per heavy atom. The third-order valence-corrected chi connectivity index (χ3v) is 0. The smallest absolute Gasteiger partial charge is 0.0306 e. The van der Waals surface area contributed by atoms with E-state index in [1.165, 1.54) is 0 Å². The maximum Gasteiger partial charge on any atom is -0.0306 e. The summed E-state index contributed by atoms with van der Waals surface area (Å²) in [6.07, 6.45) is 0. The number of hydrogen-bond donors (Lipinski definition) is 1. The Hall–Kier alpha value is -0.260. The van der Waals surface area contributed by atoms with Crippen molar-refractivity contribution < 1.29 is 12.4 Å². The zero-order valence-electron chi connectivity index (χ0n) is 2.09. The number of rotatable bonds is 0. The highest BCUT2D eigenvalue weighted by atomic mass is 35.5. The summed E-state index contributed by atoms with van der Waals surface area (Å²) < 4.78 is 0. The number of nitrogens with one attached hydrogen (secondary N) is 1. The monoisotopic (exact) mass is 76.0 g/mol. The molecule has 2 heteroatoms. The van der Waals surface area contributed by atoms with E-state index in [4.69, 9.17) is 5.41 Å². The topological polar surface area (TPSA) is 23.9 Å². The summed E-state index contributed by atoms with van der Waals surface area (Å²) in [6.45, 7) is 2.90. The highest BCUT2D eigenvalue weighted by Crippen LogP contribution is 0.942. The van der Waals surface area contributed by atoms with Gasteiger partial charge in [0.2, 0.25) is 0 Å². The highest BCUT2D eigenvalue weighted by Gasteiger charge is 0.918. The first-order valence-electron chi connectivity index (χ1n) is 0.604. The van der Waals surface area contributed by atoms with Gasteiger partial charge in [-0.05, 0) is 12.4 Å². The van der Waals surface area contributed by atoms with E-state index < -0.39 is 0 Å². The molecule has 0 spiro atoms. The van der Waals surface area contributed by atoms with Gasteiger partial charge < -0.3 is 12.4 Å². The van der Waals surface area contributed by atoms with Crippen LogP contribution < -0.4 is 12.4 Å². The van der Waals surface area contributed by atoms with Crippen LogP contribution in [0, 0.1) is 5.41 Å². The summed E-state index contributed by atoms with van der Waals surface area (Å²) in [7, 11) is 0. The maximum atomic E-state index is 5.85. The van der Waals surface area contributed by atoms with Crippen LogP contribution in [0.25, 0.3) is 0 Å². The van der Waals surface area contributed by atoms with Gasteiger partial charge in [0, 0.05) is 0 Å². The van der Waals surface area contributed by atoms with Crippen molar-refractivity contribution in [2.45, 2.75) is 0 Å². The van der Waals surface area contributed by atoms with Gasteiger partial charge in [-0.2, -0.15) is 0 Å². The first kappa shape index (κ1) is 9.27. The first-order valence-corrected chi connectivity index (χ1v) is 0.604. The molecule has 0 unspecified atom stereocenters. The molecule has 0 bridgehead atoms. The van der Waals surface area contributed by atoms with Crippen molar-refractivity contribution in [1.82, 2.24) is 0 Å². The van der Waals surface area contributed by atoms with Crippen molar-refractivity contribution in [3.63, 3.8) is 0 Å². The molecule has 0 saturated carbocycles. The van der Waals surface area contributed by atoms with Crippen LogP contribution in [0.2, 0.25) is 0 Å². The van der Waals surface area contributed by atoms with E-state index in [2.05, 4.69) is 6.58 Å². The molecule has 0 saturated heterocycles. The fourth-order valence-electron chi connectivity index (χ4n) is 0. The molecule has 0 aromatic heterocycles. The van der Waals surface area contributed by atoms with E-state index >= 15 is 0 Å². The molecule has 0 aliphatic carbocycles. The summed E-state index contributed by atoms with van der Waals surface area (Å²) in [5.74, 6) is 1.75. The molecule has 0 atom stereocenters. The third kappa shape index (κ3) is 14.1. The van der Waals surface area contributed by atoms with Crippen LogP contribution in [0.3, 0.4) is 0 Å². The molecule has 0 aliphatic rings. The second kappa shape index (κ2) is 15.1. The zero-order valence-corrected chi connectivity index (χ0v) is 2.84. The second-order valence-corrected chi connectivity index (χ2v) is 0.177. The Labute approximate surface area is 31.3 Å². The van der Waals surface area contributed by atoms with Crippen LogP contribution in [-0.2, 0) is 0 Å². The zero-order chi connectivity index (χ0) is 2.71. The lowest BCUT2D eigenvalue weighted by Crippen LogP contribution is -3.00. The first-order chi connectivity index (χ1) is 1.41. The van der Waals surface area contributed by atoms with Crippen molar-refractivity contribution in [2.24, 2.45) is 0 Å². The van der Waals surface area contributed by atoms with Crippen molar-refractivity contribution in [3.05, 3.63) is 6.58 Å². The maximum absolute atomic E-state index is 5.85. The quantitative estimate of drug-likeness (QED) is 0.307. The van der Waals surface area contributed by atoms with E-state index in [0.717, 1.165) is 0 Å². The lowest BCUT2D eigenvalue weighted by molar-refractivity contribution is -0.000000888. The van der Waals surface area contributed by atoms with Crippen molar-refractivity contribution >= 4 is 5.87 Å². The van der Waals surface area contributed by atoms with Crippen molar-refractivity contribution in [2.75, 3.05) is 0 Å². The largest absolute Gasteiger partial charge is 1.00 e. The summed E-state index contributed by atoms with van der Waals surface area (Å²) in [6, 6.07) is 0. The third-order valence-electron chi connectivity index (χ3n) is 0. The average molecular weight is 76.5 g/mol. The van der Waals surface area contributed by atoms with Gasteiger partial charge >= 0.3 is 0 Å².